The first kappa shape index (κ1) is 32.4. The standard InChI is InChI=1S/C52H46Si/c1-51(2)45-21-10-6-16-39(45)43-32-28-36(33-49(43)51)38(34-25-29-37(30-26-34)53(3,4)5)31-27-35-15-14-20-44-42-19-9-13-24-48(42)52(50(35)44)46-22-11-7-17-40(46)41-18-8-12-23-47(41)52/h6-26,28-30,32-33,38H,27,31H2,1-5H3. The third kappa shape index (κ3) is 4.60. The van der Waals surface area contributed by atoms with E-state index in [2.05, 4.69) is 191 Å². The van der Waals surface area contributed by atoms with E-state index >= 15 is 0 Å². The Kier molecular flexibility index (Phi) is 7.11. The van der Waals surface area contributed by atoms with Gasteiger partial charge < -0.3 is 0 Å². The molecule has 0 nitrogen and oxygen atoms in total. The minimum Gasteiger partial charge on any atom is -0.0656 e. The van der Waals surface area contributed by atoms with E-state index in [1.54, 1.807) is 0 Å². The molecular weight excluding hydrogens is 653 g/mol. The molecule has 1 atom stereocenters. The van der Waals surface area contributed by atoms with Gasteiger partial charge in [0.25, 0.3) is 0 Å². The lowest BCUT2D eigenvalue weighted by atomic mass is 9.68. The van der Waals surface area contributed by atoms with E-state index < -0.39 is 8.07 Å². The van der Waals surface area contributed by atoms with Crippen molar-refractivity contribution in [2.75, 3.05) is 0 Å². The molecule has 10 rings (SSSR count). The normalized spacial score (nSPS) is 15.6. The molecule has 1 unspecified atom stereocenters. The zero-order chi connectivity index (χ0) is 36.1. The summed E-state index contributed by atoms with van der Waals surface area (Å²) in [5.41, 5.74) is 20.8. The van der Waals surface area contributed by atoms with Crippen molar-refractivity contribution in [3.05, 3.63) is 208 Å². The molecule has 7 aromatic rings. The molecule has 3 aliphatic rings. The summed E-state index contributed by atoms with van der Waals surface area (Å²) in [6, 6.07) is 60.8. The minimum absolute atomic E-state index is 0.0319. The molecule has 0 N–H and O–H groups in total. The molecule has 0 radical (unpaired) electrons. The van der Waals surface area contributed by atoms with Crippen LogP contribution in [-0.4, -0.2) is 8.07 Å². The fourth-order valence-corrected chi connectivity index (χ4v) is 11.6. The van der Waals surface area contributed by atoms with Crippen molar-refractivity contribution in [2.45, 2.75) is 63.1 Å². The fourth-order valence-electron chi connectivity index (χ4n) is 10.4. The Labute approximate surface area is 316 Å². The smallest absolute Gasteiger partial charge is 0.0656 e. The molecule has 0 fully saturated rings. The summed E-state index contributed by atoms with van der Waals surface area (Å²) in [6.07, 6.45) is 2.02. The summed E-state index contributed by atoms with van der Waals surface area (Å²) in [6.45, 7) is 12.1. The van der Waals surface area contributed by atoms with Gasteiger partial charge in [0.1, 0.15) is 0 Å². The number of fused-ring (bicyclic) bond motifs is 13. The quantitative estimate of drug-likeness (QED) is 0.152. The van der Waals surface area contributed by atoms with Crippen LogP contribution < -0.4 is 5.19 Å². The number of rotatable bonds is 6. The molecule has 0 saturated heterocycles. The Bertz CT molecular complexity index is 2510. The van der Waals surface area contributed by atoms with Gasteiger partial charge in [-0.1, -0.05) is 196 Å². The van der Waals surface area contributed by atoms with Crippen LogP contribution in [-0.2, 0) is 17.3 Å². The molecule has 1 spiro atoms. The SMILES string of the molecule is CC1(C)c2ccccc2-c2ccc(C(CCc3cccc4c3C3(c5ccccc5-c5ccccc53)c3ccccc3-4)c3ccc([Si](C)(C)C)cc3)cc21. The van der Waals surface area contributed by atoms with E-state index in [1.807, 2.05) is 0 Å². The highest BCUT2D eigenvalue weighted by Gasteiger charge is 2.52. The maximum Gasteiger partial charge on any atom is 0.0775 e. The minimum atomic E-state index is -1.43. The van der Waals surface area contributed by atoms with Crippen molar-refractivity contribution in [1.29, 1.82) is 0 Å². The highest BCUT2D eigenvalue weighted by Crippen LogP contribution is 2.63. The molecule has 0 heterocycles. The monoisotopic (exact) mass is 698 g/mol. The summed E-state index contributed by atoms with van der Waals surface area (Å²) in [5, 5.41) is 1.52. The number of aryl methyl sites for hydroxylation is 1. The Morgan fingerprint density at radius 3 is 1.51 bits per heavy atom. The average Bonchev–Trinajstić information content (AvgIpc) is 3.74. The van der Waals surface area contributed by atoms with Gasteiger partial charge in [-0.15, -0.1) is 0 Å². The van der Waals surface area contributed by atoms with Gasteiger partial charge in [0.15, 0.2) is 0 Å². The van der Waals surface area contributed by atoms with E-state index in [4.69, 9.17) is 0 Å². The predicted molar refractivity (Wildman–Crippen MR) is 226 cm³/mol. The second-order valence-corrected chi connectivity index (χ2v) is 22.2. The van der Waals surface area contributed by atoms with E-state index in [9.17, 15) is 0 Å². The van der Waals surface area contributed by atoms with E-state index in [1.165, 1.54) is 88.6 Å². The van der Waals surface area contributed by atoms with Gasteiger partial charge in [-0.05, 0) is 96.3 Å². The molecule has 0 aromatic heterocycles. The van der Waals surface area contributed by atoms with Crippen LogP contribution in [0.15, 0.2) is 158 Å². The van der Waals surface area contributed by atoms with Gasteiger partial charge in [-0.3, -0.25) is 0 Å². The van der Waals surface area contributed by atoms with Gasteiger partial charge in [0.2, 0.25) is 0 Å². The van der Waals surface area contributed by atoms with Crippen LogP contribution in [0.5, 0.6) is 0 Å². The Balaban J connectivity index is 1.13. The van der Waals surface area contributed by atoms with Crippen LogP contribution in [0.1, 0.15) is 76.3 Å². The number of hydrogen-bond acceptors (Lipinski definition) is 0. The van der Waals surface area contributed by atoms with Crippen molar-refractivity contribution >= 4 is 13.3 Å². The van der Waals surface area contributed by atoms with Crippen molar-refractivity contribution in [3.63, 3.8) is 0 Å². The van der Waals surface area contributed by atoms with E-state index in [-0.39, 0.29) is 16.7 Å². The van der Waals surface area contributed by atoms with Crippen LogP contribution in [0.25, 0.3) is 33.4 Å². The largest absolute Gasteiger partial charge is 0.0775 e. The zero-order valence-electron chi connectivity index (χ0n) is 31.5. The Morgan fingerprint density at radius 2 is 0.925 bits per heavy atom. The Hall–Kier alpha value is -5.24. The third-order valence-corrected chi connectivity index (χ3v) is 15.1. The maximum atomic E-state index is 2.56. The predicted octanol–water partition coefficient (Wildman–Crippen LogP) is 12.6. The average molecular weight is 699 g/mol. The summed E-state index contributed by atoms with van der Waals surface area (Å²) in [4.78, 5) is 0. The lowest BCUT2D eigenvalue weighted by molar-refractivity contribution is 0.653. The van der Waals surface area contributed by atoms with Crippen LogP contribution in [0.3, 0.4) is 0 Å². The van der Waals surface area contributed by atoms with Gasteiger partial charge in [0.05, 0.1) is 13.5 Å². The second-order valence-electron chi connectivity index (χ2n) is 17.2. The van der Waals surface area contributed by atoms with E-state index in [0.29, 0.717) is 0 Å². The molecule has 0 amide bonds. The summed E-state index contributed by atoms with van der Waals surface area (Å²) < 4.78 is 0. The summed E-state index contributed by atoms with van der Waals surface area (Å²) >= 11 is 0. The number of benzene rings is 7. The Morgan fingerprint density at radius 1 is 0.453 bits per heavy atom. The lowest BCUT2D eigenvalue weighted by Crippen LogP contribution is -2.37. The molecule has 1 heteroatoms. The summed E-state index contributed by atoms with van der Waals surface area (Å²) in [5.74, 6) is 0.272. The molecule has 0 saturated carbocycles. The molecule has 0 aliphatic heterocycles. The molecule has 258 valence electrons. The van der Waals surface area contributed by atoms with Crippen molar-refractivity contribution in [2.24, 2.45) is 0 Å². The summed E-state index contributed by atoms with van der Waals surface area (Å²) in [7, 11) is -1.43. The maximum absolute atomic E-state index is 2.56. The first-order chi connectivity index (χ1) is 25.7. The second kappa shape index (κ2) is 11.6. The van der Waals surface area contributed by atoms with Gasteiger partial charge >= 0.3 is 0 Å². The number of hydrogen-bond donors (Lipinski definition) is 0. The van der Waals surface area contributed by atoms with Gasteiger partial charge in [-0.2, -0.15) is 0 Å². The first-order valence-corrected chi connectivity index (χ1v) is 23.0. The van der Waals surface area contributed by atoms with Crippen molar-refractivity contribution in [3.8, 4) is 33.4 Å². The first-order valence-electron chi connectivity index (χ1n) is 19.5. The molecular formula is C52H46Si. The van der Waals surface area contributed by atoms with Crippen molar-refractivity contribution < 1.29 is 0 Å². The van der Waals surface area contributed by atoms with Crippen LogP contribution in [0.4, 0.5) is 0 Å². The topological polar surface area (TPSA) is 0 Å². The highest BCUT2D eigenvalue weighted by atomic mass is 28.3. The van der Waals surface area contributed by atoms with Crippen LogP contribution >= 0.6 is 0 Å². The molecule has 3 aliphatic carbocycles. The van der Waals surface area contributed by atoms with Gasteiger partial charge in [-0.25, -0.2) is 0 Å². The lowest BCUT2D eigenvalue weighted by Gasteiger charge is -2.32. The van der Waals surface area contributed by atoms with E-state index in [0.717, 1.165) is 12.8 Å². The molecule has 0 bridgehead atoms. The van der Waals surface area contributed by atoms with Gasteiger partial charge in [0, 0.05) is 11.3 Å². The molecule has 53 heavy (non-hydrogen) atoms. The van der Waals surface area contributed by atoms with Crippen molar-refractivity contribution in [1.82, 2.24) is 0 Å². The van der Waals surface area contributed by atoms with Crippen LogP contribution in [0, 0.1) is 0 Å². The van der Waals surface area contributed by atoms with Crippen LogP contribution in [0.2, 0.25) is 19.6 Å². The zero-order valence-corrected chi connectivity index (χ0v) is 32.5. The highest BCUT2D eigenvalue weighted by molar-refractivity contribution is 6.88. The fraction of sp³-hybridized carbons (Fsp3) is 0.192. The third-order valence-electron chi connectivity index (χ3n) is 13.0. The molecule has 7 aromatic carbocycles.